The predicted molar refractivity (Wildman–Crippen MR) is 71.8 cm³/mol. The van der Waals surface area contributed by atoms with Crippen LogP contribution in [0.1, 0.15) is 38.0 Å². The summed E-state index contributed by atoms with van der Waals surface area (Å²) in [4.78, 5) is 0. The van der Waals surface area contributed by atoms with Crippen LogP contribution in [0, 0.1) is 0 Å². The molecule has 0 aliphatic heterocycles. The number of hydrogen-bond acceptors (Lipinski definition) is 4. The minimum Gasteiger partial charge on any atom is -0.508 e. The van der Waals surface area contributed by atoms with E-state index >= 15 is 0 Å². The molecule has 0 amide bonds. The Bertz CT molecular complexity index is 415. The third-order valence-electron chi connectivity index (χ3n) is 2.59. The Morgan fingerprint density at radius 2 is 1.94 bits per heavy atom. The molecule has 0 heterocycles. The number of benzene rings is 1. The Hall–Kier alpha value is -0.810. The number of hydrogen-bond donors (Lipinski definition) is 4. The van der Waals surface area contributed by atoms with Gasteiger partial charge in [0.25, 0.3) is 0 Å². The molecule has 102 valence electrons. The van der Waals surface area contributed by atoms with E-state index < -0.39 is 6.10 Å². The molecule has 5 heteroatoms. The van der Waals surface area contributed by atoms with Gasteiger partial charge in [-0.05, 0) is 26.8 Å². The Labute approximate surface area is 112 Å². The molecule has 0 aliphatic carbocycles. The number of aliphatic hydroxyl groups excluding tert-OH is 2. The highest BCUT2D eigenvalue weighted by Crippen LogP contribution is 2.32. The van der Waals surface area contributed by atoms with Crippen LogP contribution in [-0.4, -0.2) is 27.4 Å². The van der Waals surface area contributed by atoms with Crippen LogP contribution in [0.15, 0.2) is 12.1 Å². The van der Waals surface area contributed by atoms with Crippen molar-refractivity contribution in [3.05, 3.63) is 28.3 Å². The van der Waals surface area contributed by atoms with Crippen molar-refractivity contribution in [1.82, 2.24) is 5.32 Å². The third kappa shape index (κ3) is 3.85. The Kier molecular flexibility index (Phi) is 4.99. The Morgan fingerprint density at radius 1 is 1.33 bits per heavy atom. The number of phenols is 1. The highest BCUT2D eigenvalue weighted by atomic mass is 35.5. The number of aliphatic hydroxyl groups is 2. The Morgan fingerprint density at radius 3 is 2.44 bits per heavy atom. The van der Waals surface area contributed by atoms with Crippen LogP contribution in [0.3, 0.4) is 0 Å². The van der Waals surface area contributed by atoms with Crippen molar-refractivity contribution in [2.75, 3.05) is 6.54 Å². The maximum Gasteiger partial charge on any atom is 0.122 e. The predicted octanol–water partition coefficient (Wildman–Crippen LogP) is 1.96. The summed E-state index contributed by atoms with van der Waals surface area (Å²) >= 11 is 6.05. The van der Waals surface area contributed by atoms with E-state index in [2.05, 4.69) is 5.32 Å². The maximum absolute atomic E-state index is 10.1. The zero-order valence-corrected chi connectivity index (χ0v) is 11.6. The molecule has 0 aliphatic rings. The summed E-state index contributed by atoms with van der Waals surface area (Å²) < 4.78 is 0. The first-order valence-corrected chi connectivity index (χ1v) is 6.18. The molecule has 18 heavy (non-hydrogen) atoms. The van der Waals surface area contributed by atoms with Gasteiger partial charge in [0.15, 0.2) is 0 Å². The SMILES string of the molecule is CC(C)(C)NCC(O)c1ccc(O)c(CO)c1Cl. The van der Waals surface area contributed by atoms with Crippen LogP contribution in [-0.2, 0) is 6.61 Å². The molecule has 4 N–H and O–H groups in total. The van der Waals surface area contributed by atoms with E-state index in [-0.39, 0.29) is 28.5 Å². The topological polar surface area (TPSA) is 72.7 Å². The van der Waals surface area contributed by atoms with Crippen LogP contribution < -0.4 is 5.32 Å². The van der Waals surface area contributed by atoms with Crippen LogP contribution in [0.2, 0.25) is 5.02 Å². The lowest BCUT2D eigenvalue weighted by Gasteiger charge is -2.24. The molecule has 0 bridgehead atoms. The van der Waals surface area contributed by atoms with E-state index in [4.69, 9.17) is 16.7 Å². The lowest BCUT2D eigenvalue weighted by Crippen LogP contribution is -2.38. The summed E-state index contributed by atoms with van der Waals surface area (Å²) in [6.07, 6.45) is -0.789. The molecule has 1 rings (SSSR count). The van der Waals surface area contributed by atoms with Crippen LogP contribution in [0.5, 0.6) is 5.75 Å². The highest BCUT2D eigenvalue weighted by molar-refractivity contribution is 6.32. The average Bonchev–Trinajstić information content (AvgIpc) is 2.26. The molecule has 1 unspecified atom stereocenters. The van der Waals surface area contributed by atoms with Crippen LogP contribution >= 0.6 is 11.6 Å². The van der Waals surface area contributed by atoms with Crippen LogP contribution in [0.25, 0.3) is 0 Å². The largest absolute Gasteiger partial charge is 0.508 e. The zero-order valence-electron chi connectivity index (χ0n) is 10.9. The summed E-state index contributed by atoms with van der Waals surface area (Å²) in [5.41, 5.74) is 0.628. The molecule has 1 aromatic rings. The number of β-amino-alcohol motifs (C(OH)–C–C–N with tert-alkyl or cyclic N) is 1. The van der Waals surface area contributed by atoms with Crippen molar-refractivity contribution in [3.63, 3.8) is 0 Å². The van der Waals surface area contributed by atoms with Crippen molar-refractivity contribution in [1.29, 1.82) is 0 Å². The van der Waals surface area contributed by atoms with Gasteiger partial charge >= 0.3 is 0 Å². The fraction of sp³-hybridized carbons (Fsp3) is 0.538. The van der Waals surface area contributed by atoms with Gasteiger partial charge in [0.1, 0.15) is 5.75 Å². The molecule has 0 aromatic heterocycles. The van der Waals surface area contributed by atoms with Crippen LogP contribution in [0.4, 0.5) is 0 Å². The second-order valence-corrected chi connectivity index (χ2v) is 5.65. The summed E-state index contributed by atoms with van der Waals surface area (Å²) in [7, 11) is 0. The van der Waals surface area contributed by atoms with Crippen molar-refractivity contribution >= 4 is 11.6 Å². The van der Waals surface area contributed by atoms with Gasteiger partial charge < -0.3 is 20.6 Å². The van der Waals surface area contributed by atoms with Crippen molar-refractivity contribution in [2.24, 2.45) is 0 Å². The minimum absolute atomic E-state index is 0.0674. The number of nitrogens with one attached hydrogen (secondary N) is 1. The molecule has 0 saturated heterocycles. The van der Waals surface area contributed by atoms with Gasteiger partial charge in [-0.2, -0.15) is 0 Å². The van der Waals surface area contributed by atoms with Gasteiger partial charge in [-0.1, -0.05) is 17.7 Å². The monoisotopic (exact) mass is 273 g/mol. The number of rotatable bonds is 4. The molecule has 0 saturated carbocycles. The normalized spacial score (nSPS) is 13.7. The minimum atomic E-state index is -0.789. The van der Waals surface area contributed by atoms with E-state index in [1.54, 1.807) is 6.07 Å². The van der Waals surface area contributed by atoms with Crippen molar-refractivity contribution < 1.29 is 15.3 Å². The summed E-state index contributed by atoms with van der Waals surface area (Å²) in [6.45, 7) is 5.97. The molecule has 4 nitrogen and oxygen atoms in total. The molecule has 1 aromatic carbocycles. The van der Waals surface area contributed by atoms with E-state index in [0.717, 1.165) is 0 Å². The zero-order chi connectivity index (χ0) is 13.9. The lowest BCUT2D eigenvalue weighted by atomic mass is 10.0. The summed E-state index contributed by atoms with van der Waals surface area (Å²) in [6, 6.07) is 2.99. The van der Waals surface area contributed by atoms with Gasteiger partial charge in [0, 0.05) is 23.2 Å². The molecular formula is C13H20ClNO3. The van der Waals surface area contributed by atoms with E-state index in [1.165, 1.54) is 6.07 Å². The molecular weight excluding hydrogens is 254 g/mol. The first-order valence-electron chi connectivity index (χ1n) is 5.80. The van der Waals surface area contributed by atoms with E-state index in [0.29, 0.717) is 12.1 Å². The third-order valence-corrected chi connectivity index (χ3v) is 3.04. The average molecular weight is 274 g/mol. The van der Waals surface area contributed by atoms with Gasteiger partial charge in [-0.25, -0.2) is 0 Å². The smallest absolute Gasteiger partial charge is 0.122 e. The first-order chi connectivity index (χ1) is 8.26. The fourth-order valence-electron chi connectivity index (χ4n) is 1.55. The molecule has 0 spiro atoms. The lowest BCUT2D eigenvalue weighted by molar-refractivity contribution is 0.163. The number of aromatic hydroxyl groups is 1. The van der Waals surface area contributed by atoms with Gasteiger partial charge in [-0.15, -0.1) is 0 Å². The van der Waals surface area contributed by atoms with Gasteiger partial charge in [-0.3, -0.25) is 0 Å². The van der Waals surface area contributed by atoms with E-state index in [1.807, 2.05) is 20.8 Å². The summed E-state index contributed by atoms with van der Waals surface area (Å²) in [5, 5.41) is 32.1. The van der Waals surface area contributed by atoms with Crippen molar-refractivity contribution in [3.8, 4) is 5.75 Å². The molecule has 0 radical (unpaired) electrons. The highest BCUT2D eigenvalue weighted by Gasteiger charge is 2.18. The van der Waals surface area contributed by atoms with Gasteiger partial charge in [0.05, 0.1) is 17.7 Å². The second kappa shape index (κ2) is 5.89. The molecule has 1 atom stereocenters. The molecule has 0 fully saturated rings. The van der Waals surface area contributed by atoms with E-state index in [9.17, 15) is 10.2 Å². The standard InChI is InChI=1S/C13H20ClNO3/c1-13(2,3)15-6-11(18)8-4-5-10(17)9(7-16)12(8)14/h4-5,11,15-18H,6-7H2,1-3H3. The number of halogens is 1. The maximum atomic E-state index is 10.1. The Balaban J connectivity index is 2.90. The second-order valence-electron chi connectivity index (χ2n) is 5.27. The van der Waals surface area contributed by atoms with Gasteiger partial charge in [0.2, 0.25) is 0 Å². The summed E-state index contributed by atoms with van der Waals surface area (Å²) in [5.74, 6) is -0.0674. The fourth-order valence-corrected chi connectivity index (χ4v) is 1.90. The first kappa shape index (κ1) is 15.2. The van der Waals surface area contributed by atoms with Crippen molar-refractivity contribution in [2.45, 2.75) is 39.0 Å². The quantitative estimate of drug-likeness (QED) is 0.677.